The quantitative estimate of drug-likeness (QED) is 0.239. The van der Waals surface area contributed by atoms with E-state index in [-0.39, 0.29) is 10.9 Å². The summed E-state index contributed by atoms with van der Waals surface area (Å²) in [5, 5.41) is 10.4. The van der Waals surface area contributed by atoms with Crippen molar-refractivity contribution in [1.29, 1.82) is 0 Å². The highest BCUT2D eigenvalue weighted by atomic mass is 35.5. The Labute approximate surface area is 227 Å². The molecule has 0 bridgehead atoms. The lowest BCUT2D eigenvalue weighted by Gasteiger charge is -2.13. The average Bonchev–Trinajstić information content (AvgIpc) is 3.11. The summed E-state index contributed by atoms with van der Waals surface area (Å²) in [6.07, 6.45) is 1.63. The van der Waals surface area contributed by atoms with E-state index in [0.717, 1.165) is 27.8 Å². The van der Waals surface area contributed by atoms with E-state index in [0.29, 0.717) is 38.6 Å². The van der Waals surface area contributed by atoms with Crippen LogP contribution in [0.3, 0.4) is 0 Å². The van der Waals surface area contributed by atoms with Gasteiger partial charge in [0.15, 0.2) is 0 Å². The number of halogens is 2. The molecule has 0 atom stereocenters. The summed E-state index contributed by atoms with van der Waals surface area (Å²) in [5.74, 6) is -0.524. The number of ether oxygens (including phenoxy) is 2. The average molecular weight is 560 g/mol. The Bertz CT molecular complexity index is 1330. The smallest absolute Gasteiger partial charge is 0.323 e. The van der Waals surface area contributed by atoms with Gasteiger partial charge in [0.1, 0.15) is 35.6 Å². The molecule has 3 aromatic carbocycles. The monoisotopic (exact) mass is 559 g/mol. The minimum absolute atomic E-state index is 0.187. The van der Waals surface area contributed by atoms with Gasteiger partial charge in [0.2, 0.25) is 0 Å². The first-order valence-electron chi connectivity index (χ1n) is 10.6. The van der Waals surface area contributed by atoms with E-state index in [1.165, 1.54) is 0 Å². The molecule has 6 nitrogen and oxygen atoms in total. The molecule has 1 fully saturated rings. The zero-order valence-corrected chi connectivity index (χ0v) is 21.8. The zero-order chi connectivity index (χ0) is 25.7. The van der Waals surface area contributed by atoms with Gasteiger partial charge < -0.3 is 14.6 Å². The molecular formula is C26H19Cl2NO5S2. The molecule has 1 saturated heterocycles. The van der Waals surface area contributed by atoms with Crippen molar-refractivity contribution < 1.29 is 24.2 Å². The molecule has 3 aromatic rings. The number of carboxylic acid groups (broad SMARTS) is 1. The molecule has 1 aliphatic rings. The number of aliphatic carboxylic acids is 1. The summed E-state index contributed by atoms with van der Waals surface area (Å²) in [6.45, 7) is 0.109. The summed E-state index contributed by atoms with van der Waals surface area (Å²) in [7, 11) is 0. The molecule has 0 aromatic heterocycles. The fraction of sp³-hybridized carbons (Fsp3) is 0.115. The van der Waals surface area contributed by atoms with Gasteiger partial charge >= 0.3 is 5.97 Å². The lowest BCUT2D eigenvalue weighted by atomic mass is 10.1. The van der Waals surface area contributed by atoms with Crippen LogP contribution in [0.5, 0.6) is 11.5 Å². The van der Waals surface area contributed by atoms with Gasteiger partial charge in [-0.3, -0.25) is 14.5 Å². The Hall–Kier alpha value is -3.04. The van der Waals surface area contributed by atoms with Crippen LogP contribution in [0.2, 0.25) is 10.0 Å². The number of nitrogens with zero attached hydrogens (tertiary/aromatic N) is 1. The van der Waals surface area contributed by atoms with Crippen molar-refractivity contribution in [2.75, 3.05) is 6.54 Å². The van der Waals surface area contributed by atoms with Crippen molar-refractivity contribution in [3.8, 4) is 11.5 Å². The topological polar surface area (TPSA) is 76.1 Å². The third-order valence-corrected chi connectivity index (χ3v) is 6.94. The zero-order valence-electron chi connectivity index (χ0n) is 18.6. The molecule has 0 radical (unpaired) electrons. The highest BCUT2D eigenvalue weighted by molar-refractivity contribution is 8.26. The number of carbonyl (C=O) groups is 2. The molecule has 4 rings (SSSR count). The van der Waals surface area contributed by atoms with Crippen LogP contribution in [-0.4, -0.2) is 32.7 Å². The predicted octanol–water partition coefficient (Wildman–Crippen LogP) is 6.44. The molecule has 184 valence electrons. The molecule has 0 unspecified atom stereocenters. The first-order chi connectivity index (χ1) is 17.3. The molecule has 1 heterocycles. The van der Waals surface area contributed by atoms with Gasteiger partial charge in [-0.1, -0.05) is 71.4 Å². The highest BCUT2D eigenvalue weighted by Gasteiger charge is 2.33. The number of rotatable bonds is 9. The summed E-state index contributed by atoms with van der Waals surface area (Å²) in [4.78, 5) is 25.3. The number of carboxylic acids is 1. The van der Waals surface area contributed by atoms with E-state index in [4.69, 9.17) is 50.0 Å². The van der Waals surface area contributed by atoms with Crippen molar-refractivity contribution in [2.24, 2.45) is 0 Å². The van der Waals surface area contributed by atoms with Crippen molar-refractivity contribution in [3.05, 3.63) is 98.4 Å². The molecule has 1 N–H and O–H groups in total. The number of hydrogen-bond donors (Lipinski definition) is 1. The second-order valence-electron chi connectivity index (χ2n) is 7.69. The van der Waals surface area contributed by atoms with Crippen LogP contribution in [0, 0.1) is 0 Å². The van der Waals surface area contributed by atoms with Crippen LogP contribution >= 0.6 is 47.2 Å². The van der Waals surface area contributed by atoms with E-state index < -0.39 is 18.4 Å². The van der Waals surface area contributed by atoms with Crippen molar-refractivity contribution in [1.82, 2.24) is 4.90 Å². The number of benzene rings is 3. The van der Waals surface area contributed by atoms with Gasteiger partial charge in [-0.05, 0) is 59.7 Å². The maximum atomic E-state index is 12.8. The fourth-order valence-electron chi connectivity index (χ4n) is 3.26. The van der Waals surface area contributed by atoms with Gasteiger partial charge in [-0.2, -0.15) is 0 Å². The Morgan fingerprint density at radius 3 is 2.11 bits per heavy atom. The fourth-order valence-corrected chi connectivity index (χ4v) is 4.76. The van der Waals surface area contributed by atoms with Crippen molar-refractivity contribution in [2.45, 2.75) is 13.2 Å². The van der Waals surface area contributed by atoms with E-state index in [9.17, 15) is 9.59 Å². The Balaban J connectivity index is 1.59. The van der Waals surface area contributed by atoms with Crippen LogP contribution in [0.25, 0.3) is 6.08 Å². The van der Waals surface area contributed by atoms with Gasteiger partial charge in [-0.15, -0.1) is 0 Å². The number of thioether (sulfide) groups is 1. The summed E-state index contributed by atoms with van der Waals surface area (Å²) in [6, 6.07) is 19.9. The van der Waals surface area contributed by atoms with Gasteiger partial charge in [0.05, 0.1) is 4.91 Å². The molecule has 0 spiro atoms. The molecule has 1 aliphatic heterocycles. The minimum atomic E-state index is -1.14. The Morgan fingerprint density at radius 1 is 0.944 bits per heavy atom. The maximum absolute atomic E-state index is 12.8. The third-order valence-electron chi connectivity index (χ3n) is 5.06. The molecule has 36 heavy (non-hydrogen) atoms. The van der Waals surface area contributed by atoms with E-state index >= 15 is 0 Å². The molecule has 10 heteroatoms. The highest BCUT2D eigenvalue weighted by Crippen LogP contribution is 2.35. The van der Waals surface area contributed by atoms with Gasteiger partial charge in [0, 0.05) is 15.6 Å². The number of carbonyl (C=O) groups excluding carboxylic acids is 1. The predicted molar refractivity (Wildman–Crippen MR) is 146 cm³/mol. The largest absolute Gasteiger partial charge is 0.489 e. The standard InChI is InChI=1S/C26H19Cl2NO5S2/c27-19-5-1-16(2-6-19)14-33-21-9-10-22(34-15-17-3-7-20(28)8-4-17)18(11-21)12-23-25(32)29(13-24(30)31)26(35)36-23/h1-12H,13-15H2,(H,30,31). The molecule has 0 aliphatic carbocycles. The normalized spacial score (nSPS) is 14.4. The molecular weight excluding hydrogens is 541 g/mol. The van der Waals surface area contributed by atoms with Crippen LogP contribution < -0.4 is 9.47 Å². The first kappa shape index (κ1) is 26.0. The summed E-state index contributed by atoms with van der Waals surface area (Å²) >= 11 is 18.2. The van der Waals surface area contributed by atoms with E-state index in [1.54, 1.807) is 48.5 Å². The summed E-state index contributed by atoms with van der Waals surface area (Å²) in [5.41, 5.74) is 2.45. The van der Waals surface area contributed by atoms with E-state index in [2.05, 4.69) is 0 Å². The Morgan fingerprint density at radius 2 is 1.53 bits per heavy atom. The second-order valence-corrected chi connectivity index (χ2v) is 10.2. The maximum Gasteiger partial charge on any atom is 0.323 e. The third kappa shape index (κ3) is 6.79. The Kier molecular flexibility index (Phi) is 8.53. The molecule has 1 amide bonds. The van der Waals surface area contributed by atoms with Crippen molar-refractivity contribution in [3.63, 3.8) is 0 Å². The van der Waals surface area contributed by atoms with Crippen LogP contribution in [0.1, 0.15) is 16.7 Å². The molecule has 0 saturated carbocycles. The summed E-state index contributed by atoms with van der Waals surface area (Å²) < 4.78 is 12.2. The first-order valence-corrected chi connectivity index (χ1v) is 12.6. The van der Waals surface area contributed by atoms with Gasteiger partial charge in [-0.25, -0.2) is 0 Å². The van der Waals surface area contributed by atoms with Crippen LogP contribution in [-0.2, 0) is 22.8 Å². The minimum Gasteiger partial charge on any atom is -0.489 e. The van der Waals surface area contributed by atoms with Crippen LogP contribution in [0.4, 0.5) is 0 Å². The lowest BCUT2D eigenvalue weighted by molar-refractivity contribution is -0.140. The number of thiocarbonyl (C=S) groups is 1. The van der Waals surface area contributed by atoms with E-state index in [1.807, 2.05) is 24.3 Å². The number of hydrogen-bond acceptors (Lipinski definition) is 6. The lowest BCUT2D eigenvalue weighted by Crippen LogP contribution is -2.33. The second kappa shape index (κ2) is 11.8. The SMILES string of the molecule is O=C(O)CN1C(=O)C(=Cc2cc(OCc3ccc(Cl)cc3)ccc2OCc2ccc(Cl)cc2)SC1=S. The van der Waals surface area contributed by atoms with Gasteiger partial charge in [0.25, 0.3) is 5.91 Å². The van der Waals surface area contributed by atoms with Crippen molar-refractivity contribution >= 4 is 69.5 Å². The number of amides is 1. The van der Waals surface area contributed by atoms with Crippen LogP contribution in [0.15, 0.2) is 71.6 Å².